The summed E-state index contributed by atoms with van der Waals surface area (Å²) in [7, 11) is 3.02. The third-order valence-electron chi connectivity index (χ3n) is 4.42. The third kappa shape index (κ3) is 3.99. The number of rotatable bonds is 7. The van der Waals surface area contributed by atoms with Crippen molar-refractivity contribution in [3.05, 3.63) is 28.8 Å². The molecule has 0 spiro atoms. The fourth-order valence-electron chi connectivity index (χ4n) is 2.99. The smallest absolute Gasteiger partial charge is 0.313 e. The highest BCUT2D eigenvalue weighted by Crippen LogP contribution is 2.32. The molecule has 1 heterocycles. The van der Waals surface area contributed by atoms with Gasteiger partial charge in [0, 0.05) is 26.6 Å². The Hall–Kier alpha value is -1.79. The van der Waals surface area contributed by atoms with E-state index in [1.807, 2.05) is 6.07 Å². The minimum atomic E-state index is -0.992. The van der Waals surface area contributed by atoms with Gasteiger partial charge in [0.25, 0.3) is 0 Å². The lowest BCUT2D eigenvalue weighted by Crippen LogP contribution is -2.40. The number of benzene rings is 1. The maximum Gasteiger partial charge on any atom is 0.313 e. The maximum absolute atomic E-state index is 12.4. The number of ether oxygens (including phenoxy) is 2. The average Bonchev–Trinajstić information content (AvgIpc) is 2.99. The van der Waals surface area contributed by atoms with Crippen molar-refractivity contribution in [1.82, 2.24) is 4.90 Å². The van der Waals surface area contributed by atoms with Gasteiger partial charge in [0.05, 0.1) is 18.7 Å². The van der Waals surface area contributed by atoms with Gasteiger partial charge in [-0.25, -0.2) is 0 Å². The summed E-state index contributed by atoms with van der Waals surface area (Å²) in [5, 5.41) is 9.95. The molecular formula is C17H22ClNO5. The summed E-state index contributed by atoms with van der Waals surface area (Å²) >= 11 is 6.08. The van der Waals surface area contributed by atoms with E-state index in [-0.39, 0.29) is 19.1 Å². The van der Waals surface area contributed by atoms with E-state index in [0.717, 1.165) is 5.56 Å². The van der Waals surface area contributed by atoms with Crippen molar-refractivity contribution in [2.75, 3.05) is 33.9 Å². The highest BCUT2D eigenvalue weighted by Gasteiger charge is 2.46. The Kier molecular flexibility index (Phi) is 6.07. The fourth-order valence-corrected chi connectivity index (χ4v) is 3.27. The van der Waals surface area contributed by atoms with Gasteiger partial charge in [-0.15, -0.1) is 0 Å². The molecule has 24 heavy (non-hydrogen) atoms. The molecule has 2 rings (SSSR count). The van der Waals surface area contributed by atoms with E-state index >= 15 is 0 Å². The molecule has 1 aliphatic rings. The summed E-state index contributed by atoms with van der Waals surface area (Å²) < 4.78 is 10.1. The van der Waals surface area contributed by atoms with Crippen LogP contribution in [0.5, 0.6) is 5.75 Å². The number of methoxy groups -OCH3 is 2. The number of hydrogen-bond donors (Lipinski definition) is 1. The van der Waals surface area contributed by atoms with E-state index in [4.69, 9.17) is 21.1 Å². The van der Waals surface area contributed by atoms with E-state index < -0.39 is 11.4 Å². The third-order valence-corrected chi connectivity index (χ3v) is 4.72. The van der Waals surface area contributed by atoms with Crippen LogP contribution in [0.3, 0.4) is 0 Å². The first-order chi connectivity index (χ1) is 11.4. The summed E-state index contributed by atoms with van der Waals surface area (Å²) in [5.41, 5.74) is -0.0527. The molecule has 132 valence electrons. The van der Waals surface area contributed by atoms with Crippen LogP contribution in [-0.4, -0.2) is 55.8 Å². The Labute approximate surface area is 146 Å². The average molecular weight is 356 g/mol. The second-order valence-electron chi connectivity index (χ2n) is 6.05. The van der Waals surface area contributed by atoms with Gasteiger partial charge in [-0.3, -0.25) is 9.59 Å². The number of halogens is 1. The lowest BCUT2D eigenvalue weighted by Gasteiger charge is -2.23. The summed E-state index contributed by atoms with van der Waals surface area (Å²) in [5.74, 6) is -0.375. The Morgan fingerprint density at radius 3 is 2.71 bits per heavy atom. The first kappa shape index (κ1) is 18.5. The molecule has 1 aromatic rings. The molecule has 6 nitrogen and oxygen atoms in total. The normalized spacial score (nSPS) is 20.2. The number of amides is 1. The summed E-state index contributed by atoms with van der Waals surface area (Å²) in [6.45, 7) is 0.746. The van der Waals surface area contributed by atoms with Gasteiger partial charge in [-0.1, -0.05) is 17.7 Å². The van der Waals surface area contributed by atoms with Crippen molar-refractivity contribution in [1.29, 1.82) is 0 Å². The van der Waals surface area contributed by atoms with Crippen LogP contribution in [0.2, 0.25) is 5.02 Å². The van der Waals surface area contributed by atoms with Gasteiger partial charge in [-0.05, 0) is 30.5 Å². The number of likely N-dealkylation sites (tertiary alicyclic amines) is 1. The summed E-state index contributed by atoms with van der Waals surface area (Å²) in [4.78, 5) is 25.5. The molecule has 0 bridgehead atoms. The van der Waals surface area contributed by atoms with Gasteiger partial charge in [0.15, 0.2) is 0 Å². The predicted molar refractivity (Wildman–Crippen MR) is 89.5 cm³/mol. The Morgan fingerprint density at radius 1 is 1.38 bits per heavy atom. The van der Waals surface area contributed by atoms with E-state index in [9.17, 15) is 14.7 Å². The Balaban J connectivity index is 1.94. The lowest BCUT2D eigenvalue weighted by molar-refractivity contribution is -0.151. The Bertz CT molecular complexity index is 621. The number of carboxylic acids is 1. The van der Waals surface area contributed by atoms with E-state index in [2.05, 4.69) is 0 Å². The number of carboxylic acid groups (broad SMARTS) is 1. The number of aryl methyl sites for hydroxylation is 1. The fraction of sp³-hybridized carbons (Fsp3) is 0.529. The number of aliphatic carboxylic acids is 1. The van der Waals surface area contributed by atoms with Crippen LogP contribution in [0.25, 0.3) is 0 Å². The highest BCUT2D eigenvalue weighted by atomic mass is 35.5. The van der Waals surface area contributed by atoms with Crippen molar-refractivity contribution < 1.29 is 24.2 Å². The number of carbonyl (C=O) groups excluding carboxylic acids is 1. The molecule has 0 radical (unpaired) electrons. The SMILES string of the molecule is COCC1(C(=O)O)CCN(C(=O)CCc2ccc(OC)c(Cl)c2)C1. The van der Waals surface area contributed by atoms with Crippen LogP contribution < -0.4 is 4.74 Å². The number of nitrogens with zero attached hydrogens (tertiary/aromatic N) is 1. The molecule has 1 unspecified atom stereocenters. The standard InChI is InChI=1S/C17H22ClNO5/c1-23-11-17(16(21)22)7-8-19(10-17)15(20)6-4-12-3-5-14(24-2)13(18)9-12/h3,5,9H,4,6-8,10-11H2,1-2H3,(H,21,22). The summed E-state index contributed by atoms with van der Waals surface area (Å²) in [6, 6.07) is 5.42. The predicted octanol–water partition coefficient (Wildman–Crippen LogP) is 2.23. The molecule has 1 fully saturated rings. The van der Waals surface area contributed by atoms with Gasteiger partial charge >= 0.3 is 5.97 Å². The minimum Gasteiger partial charge on any atom is -0.495 e. The summed E-state index contributed by atoms with van der Waals surface area (Å²) in [6.07, 6.45) is 1.27. The van der Waals surface area contributed by atoms with E-state index in [1.165, 1.54) is 7.11 Å². The van der Waals surface area contributed by atoms with Crippen LogP contribution in [0.4, 0.5) is 0 Å². The lowest BCUT2D eigenvalue weighted by atomic mass is 9.88. The van der Waals surface area contributed by atoms with Crippen molar-refractivity contribution in [2.24, 2.45) is 5.41 Å². The number of hydrogen-bond acceptors (Lipinski definition) is 4. The van der Waals surface area contributed by atoms with E-state index in [0.29, 0.717) is 36.6 Å². The molecule has 1 N–H and O–H groups in total. The van der Waals surface area contributed by atoms with Crippen molar-refractivity contribution in [2.45, 2.75) is 19.3 Å². The molecule has 1 aliphatic heterocycles. The van der Waals surface area contributed by atoms with Crippen molar-refractivity contribution in [3.63, 3.8) is 0 Å². The van der Waals surface area contributed by atoms with E-state index in [1.54, 1.807) is 24.1 Å². The quantitative estimate of drug-likeness (QED) is 0.811. The van der Waals surface area contributed by atoms with Crippen molar-refractivity contribution in [3.8, 4) is 5.75 Å². The molecule has 7 heteroatoms. The molecule has 1 amide bonds. The van der Waals surface area contributed by atoms with Crippen LogP contribution in [0.15, 0.2) is 18.2 Å². The van der Waals surface area contributed by atoms with Gasteiger partial charge in [-0.2, -0.15) is 0 Å². The van der Waals surface area contributed by atoms with Crippen LogP contribution in [0, 0.1) is 5.41 Å². The van der Waals surface area contributed by atoms with Gasteiger partial charge < -0.3 is 19.5 Å². The van der Waals surface area contributed by atoms with Crippen LogP contribution in [0.1, 0.15) is 18.4 Å². The molecule has 1 saturated heterocycles. The molecular weight excluding hydrogens is 334 g/mol. The molecule has 1 aromatic carbocycles. The Morgan fingerprint density at radius 2 is 2.12 bits per heavy atom. The minimum absolute atomic E-state index is 0.0545. The number of carbonyl (C=O) groups is 2. The second-order valence-corrected chi connectivity index (χ2v) is 6.46. The van der Waals surface area contributed by atoms with Crippen LogP contribution in [-0.2, 0) is 20.7 Å². The van der Waals surface area contributed by atoms with Crippen LogP contribution >= 0.6 is 11.6 Å². The zero-order valence-corrected chi connectivity index (χ0v) is 14.6. The molecule has 0 aromatic heterocycles. The zero-order chi connectivity index (χ0) is 17.7. The molecule has 0 aliphatic carbocycles. The molecule has 1 atom stereocenters. The zero-order valence-electron chi connectivity index (χ0n) is 13.9. The van der Waals surface area contributed by atoms with Gasteiger partial charge in [0.2, 0.25) is 5.91 Å². The monoisotopic (exact) mass is 355 g/mol. The maximum atomic E-state index is 12.4. The molecule has 0 saturated carbocycles. The first-order valence-electron chi connectivity index (χ1n) is 7.74. The highest BCUT2D eigenvalue weighted by molar-refractivity contribution is 6.32. The first-order valence-corrected chi connectivity index (χ1v) is 8.12. The second kappa shape index (κ2) is 7.85. The largest absolute Gasteiger partial charge is 0.495 e. The topological polar surface area (TPSA) is 76.1 Å². The van der Waals surface area contributed by atoms with Crippen molar-refractivity contribution >= 4 is 23.5 Å². The van der Waals surface area contributed by atoms with Gasteiger partial charge in [0.1, 0.15) is 11.2 Å².